The number of benzene rings is 1. The van der Waals surface area contributed by atoms with E-state index >= 15 is 0 Å². The number of thiophene rings is 1. The van der Waals surface area contributed by atoms with Crippen LogP contribution in [-0.4, -0.2) is 24.0 Å². The minimum absolute atomic E-state index is 0.00114. The van der Waals surface area contributed by atoms with Crippen molar-refractivity contribution in [1.29, 1.82) is 0 Å². The van der Waals surface area contributed by atoms with E-state index in [1.54, 1.807) is 17.4 Å². The van der Waals surface area contributed by atoms with E-state index in [0.717, 1.165) is 30.6 Å². The van der Waals surface area contributed by atoms with Crippen LogP contribution in [-0.2, 0) is 11.3 Å². The quantitative estimate of drug-likeness (QED) is 0.654. The number of pyridine rings is 1. The van der Waals surface area contributed by atoms with Crippen LogP contribution in [0.4, 0.5) is 10.2 Å². The summed E-state index contributed by atoms with van der Waals surface area (Å²) >= 11 is 7.81. The Morgan fingerprint density at radius 3 is 3.07 bits per heavy atom. The molecule has 0 spiro atoms. The maximum absolute atomic E-state index is 13.2. The van der Waals surface area contributed by atoms with Gasteiger partial charge in [-0.05, 0) is 49.6 Å². The van der Waals surface area contributed by atoms with Crippen molar-refractivity contribution >= 4 is 44.7 Å². The normalized spacial score (nSPS) is 17.1. The van der Waals surface area contributed by atoms with Crippen LogP contribution in [0.25, 0.3) is 10.1 Å². The molecule has 7 heteroatoms. The molecule has 1 amide bonds. The molecule has 4 rings (SSSR count). The molecule has 4 nitrogen and oxygen atoms in total. The van der Waals surface area contributed by atoms with Gasteiger partial charge in [-0.2, -0.15) is 0 Å². The Hall–Kier alpha value is -2.18. The van der Waals surface area contributed by atoms with Gasteiger partial charge < -0.3 is 10.2 Å². The summed E-state index contributed by atoms with van der Waals surface area (Å²) in [5.74, 6) is 0.470. The van der Waals surface area contributed by atoms with Gasteiger partial charge >= 0.3 is 0 Å². The number of carbonyl (C=O) groups excluding carboxylic acids is 1. The summed E-state index contributed by atoms with van der Waals surface area (Å²) in [6.45, 7) is 3.94. The van der Waals surface area contributed by atoms with E-state index in [4.69, 9.17) is 11.6 Å². The van der Waals surface area contributed by atoms with E-state index < -0.39 is 0 Å². The van der Waals surface area contributed by atoms with Crippen molar-refractivity contribution in [3.8, 4) is 0 Å². The first-order chi connectivity index (χ1) is 13.5. The number of hydrogen-bond donors (Lipinski definition) is 1. The minimum atomic E-state index is -0.381. The van der Waals surface area contributed by atoms with Crippen LogP contribution in [0, 0.1) is 18.7 Å². The zero-order valence-electron chi connectivity index (χ0n) is 15.5. The second-order valence-electron chi connectivity index (χ2n) is 7.14. The fourth-order valence-corrected chi connectivity index (χ4v) is 4.85. The van der Waals surface area contributed by atoms with Gasteiger partial charge in [0.05, 0.1) is 5.92 Å². The largest absolute Gasteiger partial charge is 0.355 e. The minimum Gasteiger partial charge on any atom is -0.355 e. The molecular weight excluding hydrogens is 397 g/mol. The topological polar surface area (TPSA) is 45.2 Å². The SMILES string of the molecule is Cc1cc2c(N3CCC[C@@H](C(=O)NCc4ccc(F)cc4Cl)C3)nccc2s1. The zero-order valence-corrected chi connectivity index (χ0v) is 17.1. The lowest BCUT2D eigenvalue weighted by Gasteiger charge is -2.33. The molecule has 1 atom stereocenters. The molecule has 1 N–H and O–H groups in total. The number of aromatic nitrogens is 1. The maximum Gasteiger partial charge on any atom is 0.225 e. The van der Waals surface area contributed by atoms with Gasteiger partial charge in [0.15, 0.2) is 0 Å². The van der Waals surface area contributed by atoms with Crippen molar-refractivity contribution in [3.05, 3.63) is 57.8 Å². The van der Waals surface area contributed by atoms with Crippen LogP contribution in [0.1, 0.15) is 23.3 Å². The third-order valence-electron chi connectivity index (χ3n) is 5.11. The molecule has 1 fully saturated rings. The van der Waals surface area contributed by atoms with Crippen molar-refractivity contribution in [2.75, 3.05) is 18.0 Å². The Kier molecular flexibility index (Phi) is 5.51. The average molecular weight is 418 g/mol. The fourth-order valence-electron chi connectivity index (χ4n) is 3.70. The average Bonchev–Trinajstić information content (AvgIpc) is 3.07. The molecule has 0 unspecified atom stereocenters. The number of nitrogens with one attached hydrogen (secondary N) is 1. The van der Waals surface area contributed by atoms with Gasteiger partial charge in [-0.15, -0.1) is 11.3 Å². The van der Waals surface area contributed by atoms with Crippen molar-refractivity contribution in [2.24, 2.45) is 5.92 Å². The lowest BCUT2D eigenvalue weighted by molar-refractivity contribution is -0.125. The number of amides is 1. The van der Waals surface area contributed by atoms with Gasteiger partial charge in [-0.1, -0.05) is 17.7 Å². The Bertz CT molecular complexity index is 1020. The molecule has 28 heavy (non-hydrogen) atoms. The van der Waals surface area contributed by atoms with Crippen LogP contribution in [0.5, 0.6) is 0 Å². The summed E-state index contributed by atoms with van der Waals surface area (Å²) in [7, 11) is 0. The Morgan fingerprint density at radius 1 is 1.39 bits per heavy atom. The van der Waals surface area contributed by atoms with Crippen LogP contribution in [0.3, 0.4) is 0 Å². The highest BCUT2D eigenvalue weighted by Gasteiger charge is 2.27. The molecule has 3 heterocycles. The molecule has 0 aliphatic carbocycles. The predicted octanol–water partition coefficient (Wildman–Crippen LogP) is 4.93. The first-order valence-electron chi connectivity index (χ1n) is 9.33. The van der Waals surface area contributed by atoms with Gasteiger partial charge in [0, 0.05) is 45.8 Å². The standard InChI is InChI=1S/C21H21ClFN3OS/c1-13-9-17-19(28-13)6-7-24-20(17)26-8-2-3-15(12-26)21(27)25-11-14-4-5-16(23)10-18(14)22/h4-7,9-10,15H,2-3,8,11-12H2,1H3,(H,25,27)/t15-/m1/s1. The zero-order chi connectivity index (χ0) is 19.7. The van der Waals surface area contributed by atoms with Gasteiger partial charge in [0.1, 0.15) is 11.6 Å². The number of halogens is 2. The number of fused-ring (bicyclic) bond motifs is 1. The summed E-state index contributed by atoms with van der Waals surface area (Å²) in [5, 5.41) is 4.44. The van der Waals surface area contributed by atoms with Crippen LogP contribution < -0.4 is 10.2 Å². The highest BCUT2D eigenvalue weighted by molar-refractivity contribution is 7.19. The summed E-state index contributed by atoms with van der Waals surface area (Å²) in [4.78, 5) is 20.8. The van der Waals surface area contributed by atoms with Crippen LogP contribution >= 0.6 is 22.9 Å². The van der Waals surface area contributed by atoms with Crippen molar-refractivity contribution in [1.82, 2.24) is 10.3 Å². The second-order valence-corrected chi connectivity index (χ2v) is 8.84. The maximum atomic E-state index is 13.2. The van der Waals surface area contributed by atoms with Gasteiger partial charge in [0.2, 0.25) is 5.91 Å². The fraction of sp³-hybridized carbons (Fsp3) is 0.333. The molecule has 3 aromatic rings. The number of nitrogens with zero attached hydrogens (tertiary/aromatic N) is 2. The third kappa shape index (κ3) is 3.98. The highest BCUT2D eigenvalue weighted by Crippen LogP contribution is 2.33. The van der Waals surface area contributed by atoms with E-state index in [-0.39, 0.29) is 17.6 Å². The molecule has 146 valence electrons. The lowest BCUT2D eigenvalue weighted by atomic mass is 9.96. The molecule has 1 saturated heterocycles. The van der Waals surface area contributed by atoms with E-state index in [9.17, 15) is 9.18 Å². The van der Waals surface area contributed by atoms with Crippen molar-refractivity contribution < 1.29 is 9.18 Å². The number of anilines is 1. The Morgan fingerprint density at radius 2 is 2.25 bits per heavy atom. The monoisotopic (exact) mass is 417 g/mol. The summed E-state index contributed by atoms with van der Waals surface area (Å²) in [6.07, 6.45) is 3.63. The highest BCUT2D eigenvalue weighted by atomic mass is 35.5. The van der Waals surface area contributed by atoms with Gasteiger partial charge in [-0.3, -0.25) is 4.79 Å². The number of piperidine rings is 1. The number of hydrogen-bond acceptors (Lipinski definition) is 4. The smallest absolute Gasteiger partial charge is 0.225 e. The van der Waals surface area contributed by atoms with Gasteiger partial charge in [0.25, 0.3) is 0 Å². The lowest BCUT2D eigenvalue weighted by Crippen LogP contribution is -2.43. The van der Waals surface area contributed by atoms with Crippen molar-refractivity contribution in [2.45, 2.75) is 26.3 Å². The second kappa shape index (κ2) is 8.05. The van der Waals surface area contributed by atoms with Gasteiger partial charge in [-0.25, -0.2) is 9.37 Å². The number of rotatable bonds is 4. The Balaban J connectivity index is 1.45. The summed E-state index contributed by atoms with van der Waals surface area (Å²) in [6, 6.07) is 8.43. The Labute approximate surface area is 172 Å². The molecule has 1 aliphatic rings. The third-order valence-corrected chi connectivity index (χ3v) is 6.48. The predicted molar refractivity (Wildman–Crippen MR) is 113 cm³/mol. The summed E-state index contributed by atoms with van der Waals surface area (Å²) < 4.78 is 14.4. The van der Waals surface area contributed by atoms with Crippen LogP contribution in [0.15, 0.2) is 36.5 Å². The summed E-state index contributed by atoms with van der Waals surface area (Å²) in [5.41, 5.74) is 0.712. The number of carbonyl (C=O) groups is 1. The number of aryl methyl sites for hydroxylation is 1. The molecule has 0 bridgehead atoms. The first-order valence-corrected chi connectivity index (χ1v) is 10.5. The first kappa shape index (κ1) is 19.2. The molecule has 1 aliphatic heterocycles. The van der Waals surface area contributed by atoms with E-state index in [2.05, 4.69) is 28.2 Å². The van der Waals surface area contributed by atoms with E-state index in [1.165, 1.54) is 21.7 Å². The van der Waals surface area contributed by atoms with Crippen molar-refractivity contribution in [3.63, 3.8) is 0 Å². The molecule has 1 aromatic carbocycles. The molecular formula is C21H21ClFN3OS. The molecule has 0 saturated carbocycles. The van der Waals surface area contributed by atoms with E-state index in [0.29, 0.717) is 23.7 Å². The van der Waals surface area contributed by atoms with E-state index in [1.807, 2.05) is 12.3 Å². The molecule has 0 radical (unpaired) electrons. The molecule has 2 aromatic heterocycles. The van der Waals surface area contributed by atoms with Crippen LogP contribution in [0.2, 0.25) is 5.02 Å².